The van der Waals surface area contributed by atoms with E-state index in [-0.39, 0.29) is 5.46 Å². The largest absolute Gasteiger partial charge is 0.488 e. The van der Waals surface area contributed by atoms with Crippen molar-refractivity contribution in [3.05, 3.63) is 24.0 Å². The van der Waals surface area contributed by atoms with Gasteiger partial charge >= 0.3 is 7.12 Å². The fourth-order valence-electron chi connectivity index (χ4n) is 1.74. The predicted molar refractivity (Wildman–Crippen MR) is 59.3 cm³/mol. The second kappa shape index (κ2) is 4.82. The summed E-state index contributed by atoms with van der Waals surface area (Å²) in [6, 6.07) is 4.23. The van der Waals surface area contributed by atoms with Gasteiger partial charge < -0.3 is 19.7 Å². The van der Waals surface area contributed by atoms with Crippen molar-refractivity contribution in [1.82, 2.24) is 0 Å². The second-order valence-corrected chi connectivity index (χ2v) is 3.68. The van der Waals surface area contributed by atoms with Crippen molar-refractivity contribution < 1.29 is 19.2 Å². The molecule has 1 fully saturated rings. The van der Waals surface area contributed by atoms with Gasteiger partial charge in [-0.15, -0.1) is 0 Å². The first-order chi connectivity index (χ1) is 7.68. The zero-order chi connectivity index (χ0) is 11.5. The number of halogens is 1. The van der Waals surface area contributed by atoms with Crippen LogP contribution in [0.4, 0.5) is 10.1 Å². The third kappa shape index (κ3) is 2.34. The first kappa shape index (κ1) is 11.4. The van der Waals surface area contributed by atoms with Crippen LogP contribution in [0.3, 0.4) is 0 Å². The fraction of sp³-hybridized carbons (Fsp3) is 0.400. The van der Waals surface area contributed by atoms with E-state index in [1.54, 1.807) is 6.07 Å². The maximum absolute atomic E-state index is 13.7. The van der Waals surface area contributed by atoms with E-state index >= 15 is 0 Å². The van der Waals surface area contributed by atoms with E-state index in [4.69, 9.17) is 14.8 Å². The van der Waals surface area contributed by atoms with Gasteiger partial charge in [-0.25, -0.2) is 4.39 Å². The SMILES string of the molecule is OB(O)c1ccc(N2CCOCC2)c(F)c1. The monoisotopic (exact) mass is 225 g/mol. The molecule has 0 aliphatic carbocycles. The summed E-state index contributed by atoms with van der Waals surface area (Å²) in [5, 5.41) is 17.8. The van der Waals surface area contributed by atoms with Crippen LogP contribution in [0.5, 0.6) is 0 Å². The number of morpholine rings is 1. The summed E-state index contributed by atoms with van der Waals surface area (Å²) in [4.78, 5) is 1.88. The van der Waals surface area contributed by atoms with Gasteiger partial charge in [0, 0.05) is 13.1 Å². The Morgan fingerprint density at radius 3 is 2.50 bits per heavy atom. The van der Waals surface area contributed by atoms with Crippen molar-refractivity contribution >= 4 is 18.3 Å². The molecular formula is C10H13BFNO3. The first-order valence-corrected chi connectivity index (χ1v) is 5.17. The molecule has 2 rings (SSSR count). The van der Waals surface area contributed by atoms with Crippen LogP contribution in [-0.4, -0.2) is 43.5 Å². The lowest BCUT2D eigenvalue weighted by atomic mass is 9.80. The number of nitrogens with zero attached hydrogens (tertiary/aromatic N) is 1. The topological polar surface area (TPSA) is 52.9 Å². The van der Waals surface area contributed by atoms with E-state index in [0.717, 1.165) is 6.07 Å². The van der Waals surface area contributed by atoms with Crippen LogP contribution in [0.15, 0.2) is 18.2 Å². The van der Waals surface area contributed by atoms with E-state index in [2.05, 4.69) is 0 Å². The maximum Gasteiger partial charge on any atom is 0.488 e. The molecule has 0 atom stereocenters. The molecular weight excluding hydrogens is 212 g/mol. The van der Waals surface area contributed by atoms with Gasteiger partial charge in [-0.1, -0.05) is 6.07 Å². The number of anilines is 1. The summed E-state index contributed by atoms with van der Waals surface area (Å²) in [7, 11) is -1.63. The summed E-state index contributed by atoms with van der Waals surface area (Å²) < 4.78 is 18.9. The normalized spacial score (nSPS) is 16.3. The van der Waals surface area contributed by atoms with Crippen LogP contribution in [0.1, 0.15) is 0 Å². The average Bonchev–Trinajstić information content (AvgIpc) is 2.30. The Balaban J connectivity index is 2.21. The summed E-state index contributed by atoms with van der Waals surface area (Å²) in [6.07, 6.45) is 0. The second-order valence-electron chi connectivity index (χ2n) is 3.68. The Hall–Kier alpha value is -1.11. The van der Waals surface area contributed by atoms with Crippen LogP contribution in [0.2, 0.25) is 0 Å². The third-order valence-electron chi connectivity index (χ3n) is 2.62. The molecule has 86 valence electrons. The minimum Gasteiger partial charge on any atom is -0.423 e. The molecule has 2 N–H and O–H groups in total. The number of hydrogen-bond acceptors (Lipinski definition) is 4. The summed E-state index contributed by atoms with van der Waals surface area (Å²) >= 11 is 0. The van der Waals surface area contributed by atoms with E-state index in [9.17, 15) is 4.39 Å². The van der Waals surface area contributed by atoms with Crippen molar-refractivity contribution in [3.63, 3.8) is 0 Å². The van der Waals surface area contributed by atoms with Gasteiger partial charge in [0.05, 0.1) is 18.9 Å². The number of benzene rings is 1. The lowest BCUT2D eigenvalue weighted by Crippen LogP contribution is -2.37. The molecule has 0 amide bonds. The van der Waals surface area contributed by atoms with E-state index in [0.29, 0.717) is 32.0 Å². The molecule has 0 bridgehead atoms. The maximum atomic E-state index is 13.7. The van der Waals surface area contributed by atoms with Crippen LogP contribution >= 0.6 is 0 Å². The molecule has 0 radical (unpaired) electrons. The Labute approximate surface area is 93.4 Å². The Bertz CT molecular complexity index is 369. The summed E-state index contributed by atoms with van der Waals surface area (Å²) in [5.74, 6) is -0.437. The van der Waals surface area contributed by atoms with Crippen LogP contribution in [0.25, 0.3) is 0 Å². The first-order valence-electron chi connectivity index (χ1n) is 5.17. The standard InChI is InChI=1S/C10H13BFNO3/c12-9-7-8(11(14)15)1-2-10(9)13-3-5-16-6-4-13/h1-2,7,14-15H,3-6H2. The highest BCUT2D eigenvalue weighted by Crippen LogP contribution is 2.18. The Morgan fingerprint density at radius 2 is 1.94 bits per heavy atom. The highest BCUT2D eigenvalue weighted by molar-refractivity contribution is 6.58. The highest BCUT2D eigenvalue weighted by atomic mass is 19.1. The minimum atomic E-state index is -1.63. The zero-order valence-electron chi connectivity index (χ0n) is 8.77. The van der Waals surface area contributed by atoms with Crippen molar-refractivity contribution in [2.45, 2.75) is 0 Å². The van der Waals surface area contributed by atoms with Gasteiger partial charge in [-0.2, -0.15) is 0 Å². The number of hydrogen-bond donors (Lipinski definition) is 2. The van der Waals surface area contributed by atoms with Gasteiger partial charge in [0.25, 0.3) is 0 Å². The number of rotatable bonds is 2. The molecule has 1 aromatic carbocycles. The lowest BCUT2D eigenvalue weighted by molar-refractivity contribution is 0.122. The Kier molecular flexibility index (Phi) is 3.43. The molecule has 16 heavy (non-hydrogen) atoms. The van der Waals surface area contributed by atoms with Gasteiger partial charge in [0.15, 0.2) is 0 Å². The summed E-state index contributed by atoms with van der Waals surface area (Å²) in [5.41, 5.74) is 0.641. The van der Waals surface area contributed by atoms with Gasteiger partial charge in [0.1, 0.15) is 5.82 Å². The van der Waals surface area contributed by atoms with Gasteiger partial charge in [-0.3, -0.25) is 0 Å². The van der Waals surface area contributed by atoms with Gasteiger partial charge in [0.2, 0.25) is 0 Å². The van der Waals surface area contributed by atoms with E-state index < -0.39 is 12.9 Å². The molecule has 1 aromatic rings. The molecule has 1 heterocycles. The lowest BCUT2D eigenvalue weighted by Gasteiger charge is -2.29. The molecule has 0 saturated carbocycles. The van der Waals surface area contributed by atoms with Crippen LogP contribution in [-0.2, 0) is 4.74 Å². The van der Waals surface area contributed by atoms with Crippen molar-refractivity contribution in [1.29, 1.82) is 0 Å². The quantitative estimate of drug-likeness (QED) is 0.656. The predicted octanol–water partition coefficient (Wildman–Crippen LogP) is -0.658. The average molecular weight is 225 g/mol. The van der Waals surface area contributed by atoms with Crippen molar-refractivity contribution in [2.75, 3.05) is 31.2 Å². The molecule has 0 aromatic heterocycles. The molecule has 0 unspecified atom stereocenters. The van der Waals surface area contributed by atoms with Crippen LogP contribution < -0.4 is 10.4 Å². The molecule has 1 aliphatic heterocycles. The zero-order valence-corrected chi connectivity index (χ0v) is 8.77. The van der Waals surface area contributed by atoms with E-state index in [1.807, 2.05) is 4.90 Å². The Morgan fingerprint density at radius 1 is 1.25 bits per heavy atom. The molecule has 1 aliphatic rings. The van der Waals surface area contributed by atoms with E-state index in [1.165, 1.54) is 6.07 Å². The smallest absolute Gasteiger partial charge is 0.423 e. The highest BCUT2D eigenvalue weighted by Gasteiger charge is 2.18. The molecule has 0 spiro atoms. The van der Waals surface area contributed by atoms with Crippen molar-refractivity contribution in [2.24, 2.45) is 0 Å². The fourth-order valence-corrected chi connectivity index (χ4v) is 1.74. The minimum absolute atomic E-state index is 0.162. The van der Waals surface area contributed by atoms with Crippen LogP contribution in [0, 0.1) is 5.82 Å². The molecule has 4 nitrogen and oxygen atoms in total. The van der Waals surface area contributed by atoms with Gasteiger partial charge in [-0.05, 0) is 17.6 Å². The molecule has 1 saturated heterocycles. The summed E-state index contributed by atoms with van der Waals surface area (Å²) in [6.45, 7) is 2.48. The number of ether oxygens (including phenoxy) is 1. The van der Waals surface area contributed by atoms with Crippen molar-refractivity contribution in [3.8, 4) is 0 Å². The molecule has 6 heteroatoms. The third-order valence-corrected chi connectivity index (χ3v) is 2.62.